The Kier molecular flexibility index (Phi) is 3.58. The molecule has 0 saturated carbocycles. The van der Waals surface area contributed by atoms with Gasteiger partial charge >= 0.3 is 6.03 Å². The summed E-state index contributed by atoms with van der Waals surface area (Å²) in [5.74, 6) is 0.258. The SMILES string of the molecule is NC1COc2c(S(N)(=O)=NC(=O)Nc3c4c(cc5c3CC5)CC4)cnn2C1. The van der Waals surface area contributed by atoms with Crippen molar-refractivity contribution < 1.29 is 13.7 Å². The van der Waals surface area contributed by atoms with Gasteiger partial charge in [-0.2, -0.15) is 5.10 Å². The van der Waals surface area contributed by atoms with Gasteiger partial charge in [-0.1, -0.05) is 6.07 Å². The zero-order valence-electron chi connectivity index (χ0n) is 14.6. The number of nitrogens with zero attached hydrogens (tertiary/aromatic N) is 3. The Morgan fingerprint density at radius 2 is 2.00 bits per heavy atom. The maximum Gasteiger partial charge on any atom is 0.354 e. The molecule has 2 amide bonds. The van der Waals surface area contributed by atoms with Crippen LogP contribution in [0.1, 0.15) is 22.3 Å². The molecule has 0 radical (unpaired) electrons. The lowest BCUT2D eigenvalue weighted by atomic mass is 9.76. The minimum absolute atomic E-state index is 0.110. The van der Waals surface area contributed by atoms with Crippen LogP contribution in [0.4, 0.5) is 10.5 Å². The minimum Gasteiger partial charge on any atom is -0.475 e. The number of anilines is 1. The highest BCUT2D eigenvalue weighted by atomic mass is 32.2. The van der Waals surface area contributed by atoms with Crippen molar-refractivity contribution in [2.45, 2.75) is 43.2 Å². The summed E-state index contributed by atoms with van der Waals surface area (Å²) in [4.78, 5) is 12.6. The number of rotatable bonds is 2. The molecule has 27 heavy (non-hydrogen) atoms. The molecule has 1 aromatic heterocycles. The van der Waals surface area contributed by atoms with Crippen LogP contribution in [-0.4, -0.2) is 32.7 Å². The van der Waals surface area contributed by atoms with E-state index in [0.29, 0.717) is 6.54 Å². The number of ether oxygens (including phenoxy) is 1. The van der Waals surface area contributed by atoms with Crippen LogP contribution in [0, 0.1) is 0 Å². The van der Waals surface area contributed by atoms with Gasteiger partial charge in [0.05, 0.1) is 18.8 Å². The zero-order chi connectivity index (χ0) is 18.8. The molecule has 2 aliphatic carbocycles. The molecule has 10 heteroatoms. The van der Waals surface area contributed by atoms with E-state index in [9.17, 15) is 9.00 Å². The first-order valence-electron chi connectivity index (χ1n) is 8.89. The second kappa shape index (κ2) is 5.78. The molecule has 0 spiro atoms. The summed E-state index contributed by atoms with van der Waals surface area (Å²) in [6.45, 7) is 0.696. The maximum atomic E-state index is 12.9. The van der Waals surface area contributed by atoms with Crippen molar-refractivity contribution in [3.8, 4) is 5.88 Å². The first-order valence-corrected chi connectivity index (χ1v) is 10.5. The fourth-order valence-corrected chi connectivity index (χ4v) is 4.82. The second-order valence-corrected chi connectivity index (χ2v) is 8.94. The summed E-state index contributed by atoms with van der Waals surface area (Å²) >= 11 is 0. The molecule has 3 aliphatic rings. The van der Waals surface area contributed by atoms with Crippen molar-refractivity contribution in [3.63, 3.8) is 0 Å². The maximum absolute atomic E-state index is 12.9. The standard InChI is InChI=1S/C17H20N6O3S/c18-11-7-23-16(26-8-11)14(6-20-23)27(19,25)22-17(24)21-15-12-3-1-9(12)5-10-2-4-13(10)15/h5-6,11H,1-4,7-8,18H2,(H3,19,21,22,24,25). The second-order valence-electron chi connectivity index (χ2n) is 7.18. The van der Waals surface area contributed by atoms with E-state index in [1.807, 2.05) is 0 Å². The number of urea groups is 1. The Bertz CT molecular complexity index is 1070. The van der Waals surface area contributed by atoms with Gasteiger partial charge in [-0.15, -0.1) is 4.36 Å². The highest BCUT2D eigenvalue weighted by Crippen LogP contribution is 2.40. The van der Waals surface area contributed by atoms with Gasteiger partial charge in [0, 0.05) is 5.69 Å². The molecule has 2 unspecified atom stereocenters. The monoisotopic (exact) mass is 388 g/mol. The Hall–Kier alpha value is -2.43. The number of nitrogens with one attached hydrogen (secondary N) is 1. The molecule has 9 nitrogen and oxygen atoms in total. The van der Waals surface area contributed by atoms with Gasteiger partial charge in [-0.3, -0.25) is 0 Å². The number of aryl methyl sites for hydroxylation is 2. The summed E-state index contributed by atoms with van der Waals surface area (Å²) < 4.78 is 23.7. The number of fused-ring (bicyclic) bond motifs is 3. The van der Waals surface area contributed by atoms with Crippen molar-refractivity contribution in [1.82, 2.24) is 9.78 Å². The largest absolute Gasteiger partial charge is 0.475 e. The Balaban J connectivity index is 1.45. The molecule has 1 aliphatic heterocycles. The molecule has 2 atom stereocenters. The van der Waals surface area contributed by atoms with Crippen LogP contribution >= 0.6 is 0 Å². The van der Waals surface area contributed by atoms with E-state index in [2.05, 4.69) is 20.8 Å². The van der Waals surface area contributed by atoms with E-state index >= 15 is 0 Å². The number of nitrogens with two attached hydrogens (primary N) is 2. The molecular weight excluding hydrogens is 368 g/mol. The molecule has 2 heterocycles. The fraction of sp³-hybridized carbons (Fsp3) is 0.412. The number of hydrogen-bond donors (Lipinski definition) is 3. The predicted octanol–water partition coefficient (Wildman–Crippen LogP) is 0.733. The predicted molar refractivity (Wildman–Crippen MR) is 99.0 cm³/mol. The summed E-state index contributed by atoms with van der Waals surface area (Å²) in [7, 11) is -3.49. The topological polar surface area (TPSA) is 138 Å². The average molecular weight is 388 g/mol. The molecule has 2 aromatic rings. The van der Waals surface area contributed by atoms with Crippen molar-refractivity contribution in [3.05, 3.63) is 34.5 Å². The molecule has 142 valence electrons. The van der Waals surface area contributed by atoms with E-state index in [1.165, 1.54) is 22.0 Å². The normalized spacial score (nSPS) is 21.3. The lowest BCUT2D eigenvalue weighted by Gasteiger charge is -2.31. The summed E-state index contributed by atoms with van der Waals surface area (Å²) in [5.41, 5.74) is 11.5. The third-order valence-electron chi connectivity index (χ3n) is 5.38. The molecule has 0 fully saturated rings. The van der Waals surface area contributed by atoms with Gasteiger partial charge in [0.15, 0.2) is 9.92 Å². The van der Waals surface area contributed by atoms with Crippen LogP contribution in [0.3, 0.4) is 0 Å². The lowest BCUT2D eigenvalue weighted by molar-refractivity contribution is 0.200. The summed E-state index contributed by atoms with van der Waals surface area (Å²) in [6.07, 6.45) is 5.24. The van der Waals surface area contributed by atoms with Crippen LogP contribution in [0.25, 0.3) is 0 Å². The van der Waals surface area contributed by atoms with E-state index in [4.69, 9.17) is 15.6 Å². The third-order valence-corrected chi connectivity index (χ3v) is 6.73. The summed E-state index contributed by atoms with van der Waals surface area (Å²) in [5, 5.41) is 12.8. The van der Waals surface area contributed by atoms with Crippen LogP contribution in [0.5, 0.6) is 5.88 Å². The van der Waals surface area contributed by atoms with Gasteiger partial charge in [-0.25, -0.2) is 18.8 Å². The van der Waals surface area contributed by atoms with Crippen molar-refractivity contribution in [2.24, 2.45) is 15.2 Å². The smallest absolute Gasteiger partial charge is 0.354 e. The zero-order valence-corrected chi connectivity index (χ0v) is 15.4. The Morgan fingerprint density at radius 3 is 2.63 bits per heavy atom. The van der Waals surface area contributed by atoms with E-state index < -0.39 is 15.9 Å². The first-order chi connectivity index (χ1) is 12.9. The van der Waals surface area contributed by atoms with Gasteiger partial charge in [0.25, 0.3) is 0 Å². The van der Waals surface area contributed by atoms with Gasteiger partial charge < -0.3 is 15.8 Å². The van der Waals surface area contributed by atoms with Gasteiger partial charge in [0.2, 0.25) is 5.88 Å². The fourth-order valence-electron chi connectivity index (χ4n) is 3.82. The van der Waals surface area contributed by atoms with Gasteiger partial charge in [-0.05, 0) is 47.9 Å². The molecule has 0 bridgehead atoms. The minimum atomic E-state index is -3.49. The van der Waals surface area contributed by atoms with Gasteiger partial charge in [0.1, 0.15) is 11.5 Å². The van der Waals surface area contributed by atoms with Crippen LogP contribution in [0.15, 0.2) is 21.5 Å². The lowest BCUT2D eigenvalue weighted by Crippen LogP contribution is -2.37. The summed E-state index contributed by atoms with van der Waals surface area (Å²) in [6, 6.07) is 1.30. The number of amides is 2. The highest BCUT2D eigenvalue weighted by Gasteiger charge is 2.29. The highest BCUT2D eigenvalue weighted by molar-refractivity contribution is 7.91. The van der Waals surface area contributed by atoms with Crippen molar-refractivity contribution in [2.75, 3.05) is 11.9 Å². The average Bonchev–Trinajstić information content (AvgIpc) is 2.95. The molecule has 1 aromatic carbocycles. The van der Waals surface area contributed by atoms with Crippen LogP contribution in [-0.2, 0) is 42.1 Å². The molecule has 5 N–H and O–H groups in total. The Labute approximate surface area is 156 Å². The third kappa shape index (κ3) is 2.63. The van der Waals surface area contributed by atoms with E-state index in [-0.39, 0.29) is 23.4 Å². The van der Waals surface area contributed by atoms with Crippen LogP contribution < -0.4 is 20.9 Å². The van der Waals surface area contributed by atoms with Crippen molar-refractivity contribution in [1.29, 1.82) is 0 Å². The number of hydrogen-bond acceptors (Lipinski definition) is 5. The van der Waals surface area contributed by atoms with E-state index in [0.717, 1.165) is 42.5 Å². The Morgan fingerprint density at radius 1 is 1.30 bits per heavy atom. The number of carbonyl (C=O) groups excluding carboxylic acids is 1. The number of aromatic nitrogens is 2. The number of benzene rings is 1. The molecular formula is C17H20N6O3S. The quantitative estimate of drug-likeness (QED) is 0.696. The molecule has 0 saturated heterocycles. The first kappa shape index (κ1) is 16.7. The number of carbonyl (C=O) groups is 1. The van der Waals surface area contributed by atoms with Crippen LogP contribution in [0.2, 0.25) is 0 Å². The van der Waals surface area contributed by atoms with E-state index in [1.54, 1.807) is 0 Å². The molecule has 5 rings (SSSR count). The van der Waals surface area contributed by atoms with Crippen molar-refractivity contribution >= 4 is 21.6 Å².